The number of pyridine rings is 1. The molecule has 0 saturated heterocycles. The van der Waals surface area contributed by atoms with Crippen LogP contribution in [0.4, 0.5) is 0 Å². The molecule has 1 heterocycles. The quantitative estimate of drug-likeness (QED) is 0.849. The molecule has 1 aromatic heterocycles. The van der Waals surface area contributed by atoms with Crippen LogP contribution in [0, 0.1) is 5.92 Å². The Hall–Kier alpha value is -1.14. The molecule has 3 N–H and O–H groups in total. The lowest BCUT2D eigenvalue weighted by molar-refractivity contribution is -0.123. The van der Waals surface area contributed by atoms with E-state index in [4.69, 9.17) is 5.73 Å². The topological polar surface area (TPSA) is 77.1 Å². The van der Waals surface area contributed by atoms with Gasteiger partial charge >= 0.3 is 0 Å². The summed E-state index contributed by atoms with van der Waals surface area (Å²) in [7, 11) is 0. The summed E-state index contributed by atoms with van der Waals surface area (Å²) in [6.45, 7) is 6.24. The molecule has 19 heavy (non-hydrogen) atoms. The van der Waals surface area contributed by atoms with Crippen molar-refractivity contribution in [1.29, 1.82) is 0 Å². The third-order valence-electron chi connectivity index (χ3n) is 3.38. The average molecular weight is 330 g/mol. The van der Waals surface area contributed by atoms with E-state index in [0.29, 0.717) is 6.54 Å². The van der Waals surface area contributed by atoms with Gasteiger partial charge in [0, 0.05) is 23.3 Å². The van der Waals surface area contributed by atoms with Crippen molar-refractivity contribution in [3.05, 3.63) is 33.2 Å². The second-order valence-electron chi connectivity index (χ2n) is 5.14. The van der Waals surface area contributed by atoms with E-state index < -0.39 is 5.54 Å². The fourth-order valence-electron chi connectivity index (χ4n) is 1.57. The van der Waals surface area contributed by atoms with Gasteiger partial charge in [0.15, 0.2) is 0 Å². The highest BCUT2D eigenvalue weighted by atomic mass is 79.9. The average Bonchev–Trinajstić information content (AvgIpc) is 2.33. The number of nitrogens with two attached hydrogens (primary N) is 1. The third-order valence-corrected chi connectivity index (χ3v) is 3.85. The fourth-order valence-corrected chi connectivity index (χ4v) is 1.95. The number of carbonyl (C=O) groups excluding carboxylic acids is 1. The SMILES string of the molecule is CC(C)C(C)(CN)NC(=O)Cn1cc(Br)ccc1=O. The third kappa shape index (κ3) is 4.18. The van der Waals surface area contributed by atoms with E-state index in [0.717, 1.165) is 4.47 Å². The van der Waals surface area contributed by atoms with E-state index in [1.165, 1.54) is 10.6 Å². The van der Waals surface area contributed by atoms with Gasteiger partial charge in [-0.25, -0.2) is 0 Å². The van der Waals surface area contributed by atoms with E-state index in [2.05, 4.69) is 21.2 Å². The van der Waals surface area contributed by atoms with Crippen LogP contribution in [0.25, 0.3) is 0 Å². The molecule has 1 rings (SSSR count). The molecule has 1 atom stereocenters. The van der Waals surface area contributed by atoms with Gasteiger partial charge in [0.1, 0.15) is 6.54 Å². The zero-order valence-corrected chi connectivity index (χ0v) is 13.0. The molecule has 0 aromatic carbocycles. The van der Waals surface area contributed by atoms with Gasteiger partial charge in [-0.3, -0.25) is 9.59 Å². The van der Waals surface area contributed by atoms with Crippen LogP contribution >= 0.6 is 15.9 Å². The Labute approximate surface area is 121 Å². The van der Waals surface area contributed by atoms with Crippen molar-refractivity contribution in [2.45, 2.75) is 32.9 Å². The minimum Gasteiger partial charge on any atom is -0.348 e. The van der Waals surface area contributed by atoms with E-state index in [1.54, 1.807) is 12.3 Å². The van der Waals surface area contributed by atoms with Gasteiger partial charge < -0.3 is 15.6 Å². The molecule has 0 radical (unpaired) electrons. The maximum absolute atomic E-state index is 12.0. The Morgan fingerprint density at radius 2 is 2.16 bits per heavy atom. The summed E-state index contributed by atoms with van der Waals surface area (Å²) in [4.78, 5) is 23.6. The van der Waals surface area contributed by atoms with Crippen LogP contribution in [0.15, 0.2) is 27.6 Å². The number of hydrogen-bond donors (Lipinski definition) is 2. The standard InChI is InChI=1S/C13H20BrN3O2/c1-9(2)13(3,8-15)16-11(18)7-17-6-10(14)4-5-12(17)19/h4-6,9H,7-8,15H2,1-3H3,(H,16,18). The molecule has 0 saturated carbocycles. The summed E-state index contributed by atoms with van der Waals surface area (Å²) >= 11 is 3.27. The van der Waals surface area contributed by atoms with Crippen LogP contribution in [0.1, 0.15) is 20.8 Å². The number of nitrogens with zero attached hydrogens (tertiary/aromatic N) is 1. The van der Waals surface area contributed by atoms with Crippen LogP contribution in [0.5, 0.6) is 0 Å². The monoisotopic (exact) mass is 329 g/mol. The molecule has 0 spiro atoms. The largest absolute Gasteiger partial charge is 0.348 e. The zero-order chi connectivity index (χ0) is 14.6. The van der Waals surface area contributed by atoms with Crippen LogP contribution in [-0.4, -0.2) is 22.6 Å². The predicted octanol–water partition coefficient (Wildman–Crippen LogP) is 1.10. The van der Waals surface area contributed by atoms with Crippen molar-refractivity contribution in [3.63, 3.8) is 0 Å². The van der Waals surface area contributed by atoms with Crippen LogP contribution in [0.2, 0.25) is 0 Å². The Kier molecular flexibility index (Phi) is 5.31. The predicted molar refractivity (Wildman–Crippen MR) is 78.8 cm³/mol. The highest BCUT2D eigenvalue weighted by Gasteiger charge is 2.28. The van der Waals surface area contributed by atoms with Gasteiger partial charge in [0.05, 0.1) is 5.54 Å². The van der Waals surface area contributed by atoms with Gasteiger partial charge in [-0.2, -0.15) is 0 Å². The Balaban J connectivity index is 2.81. The highest BCUT2D eigenvalue weighted by Crippen LogP contribution is 2.14. The van der Waals surface area contributed by atoms with E-state index in [9.17, 15) is 9.59 Å². The molecular weight excluding hydrogens is 310 g/mol. The first-order valence-electron chi connectivity index (χ1n) is 6.15. The Morgan fingerprint density at radius 3 is 2.68 bits per heavy atom. The number of rotatable bonds is 5. The molecule has 0 aliphatic rings. The second-order valence-corrected chi connectivity index (χ2v) is 6.05. The number of hydrogen-bond acceptors (Lipinski definition) is 3. The van der Waals surface area contributed by atoms with Crippen molar-refractivity contribution in [3.8, 4) is 0 Å². The number of amides is 1. The summed E-state index contributed by atoms with van der Waals surface area (Å²) in [5, 5.41) is 2.90. The second kappa shape index (κ2) is 6.34. The molecule has 5 nitrogen and oxygen atoms in total. The van der Waals surface area contributed by atoms with Gasteiger partial charge in [-0.15, -0.1) is 0 Å². The van der Waals surface area contributed by atoms with Crippen molar-refractivity contribution in [1.82, 2.24) is 9.88 Å². The molecule has 1 unspecified atom stereocenters. The lowest BCUT2D eigenvalue weighted by Crippen LogP contribution is -2.56. The number of carbonyl (C=O) groups is 1. The van der Waals surface area contributed by atoms with E-state index >= 15 is 0 Å². The molecule has 106 valence electrons. The van der Waals surface area contributed by atoms with E-state index in [1.807, 2.05) is 20.8 Å². The molecule has 0 bridgehead atoms. The zero-order valence-electron chi connectivity index (χ0n) is 11.4. The van der Waals surface area contributed by atoms with Crippen LogP contribution in [-0.2, 0) is 11.3 Å². The molecular formula is C13H20BrN3O2. The minimum absolute atomic E-state index is 0.0133. The minimum atomic E-state index is -0.466. The van der Waals surface area contributed by atoms with Gasteiger partial charge in [-0.1, -0.05) is 13.8 Å². The van der Waals surface area contributed by atoms with E-state index in [-0.39, 0.29) is 23.9 Å². The lowest BCUT2D eigenvalue weighted by Gasteiger charge is -2.33. The molecule has 6 heteroatoms. The van der Waals surface area contributed by atoms with Crippen molar-refractivity contribution < 1.29 is 4.79 Å². The summed E-state index contributed by atoms with van der Waals surface area (Å²) in [6, 6.07) is 3.07. The van der Waals surface area contributed by atoms with Crippen LogP contribution < -0.4 is 16.6 Å². The highest BCUT2D eigenvalue weighted by molar-refractivity contribution is 9.10. The van der Waals surface area contributed by atoms with Crippen molar-refractivity contribution in [2.75, 3.05) is 6.54 Å². The lowest BCUT2D eigenvalue weighted by atomic mass is 9.88. The summed E-state index contributed by atoms with van der Waals surface area (Å²) in [5.41, 5.74) is 5.04. The van der Waals surface area contributed by atoms with Crippen molar-refractivity contribution in [2.24, 2.45) is 11.7 Å². The first kappa shape index (κ1) is 15.9. The first-order chi connectivity index (χ1) is 8.78. The Bertz CT molecular complexity index is 513. The van der Waals surface area contributed by atoms with Gasteiger partial charge in [-0.05, 0) is 34.8 Å². The molecule has 1 amide bonds. The van der Waals surface area contributed by atoms with Gasteiger partial charge in [0.25, 0.3) is 5.56 Å². The summed E-state index contributed by atoms with van der Waals surface area (Å²) in [5.74, 6) is -0.0115. The van der Waals surface area contributed by atoms with Crippen molar-refractivity contribution >= 4 is 21.8 Å². The Morgan fingerprint density at radius 1 is 1.53 bits per heavy atom. The summed E-state index contributed by atoms with van der Waals surface area (Å²) in [6.07, 6.45) is 1.59. The van der Waals surface area contributed by atoms with Gasteiger partial charge in [0.2, 0.25) is 5.91 Å². The molecule has 0 aliphatic carbocycles. The number of aromatic nitrogens is 1. The normalized spacial score (nSPS) is 14.2. The number of halogens is 1. The first-order valence-corrected chi connectivity index (χ1v) is 6.95. The summed E-state index contributed by atoms with van der Waals surface area (Å²) < 4.78 is 2.11. The molecule has 0 fully saturated rings. The maximum atomic E-state index is 12.0. The molecule has 1 aromatic rings. The maximum Gasteiger partial charge on any atom is 0.251 e. The fraction of sp³-hybridized carbons (Fsp3) is 0.538. The van der Waals surface area contributed by atoms with Crippen LogP contribution in [0.3, 0.4) is 0 Å². The smallest absolute Gasteiger partial charge is 0.251 e. The number of nitrogens with one attached hydrogen (secondary N) is 1. The molecule has 0 aliphatic heterocycles.